The molecule has 0 saturated heterocycles. The van der Waals surface area contributed by atoms with E-state index in [4.69, 9.17) is 30.5 Å². The number of carbonyl (C=O) groups is 2. The number of halogens is 1. The van der Waals surface area contributed by atoms with E-state index in [1.54, 1.807) is 12.1 Å². The first-order valence-electron chi connectivity index (χ1n) is 14.6. The number of methoxy groups -OCH3 is 1. The summed E-state index contributed by atoms with van der Waals surface area (Å²) in [6.45, 7) is 11.8. The van der Waals surface area contributed by atoms with Gasteiger partial charge in [-0.25, -0.2) is 4.79 Å². The molecule has 2 aromatic carbocycles. The molecule has 1 atom stereocenters. The monoisotopic (exact) mass is 584 g/mol. The smallest absolute Gasteiger partial charge is 0.346 e. The zero-order valence-corrected chi connectivity index (χ0v) is 25.9. The summed E-state index contributed by atoms with van der Waals surface area (Å²) in [5, 5.41) is 11.5. The Bertz CT molecular complexity index is 1370. The summed E-state index contributed by atoms with van der Waals surface area (Å²) in [4.78, 5) is 27.3. The van der Waals surface area contributed by atoms with Gasteiger partial charge < -0.3 is 24.1 Å². The van der Waals surface area contributed by atoms with Gasteiger partial charge in [0.2, 0.25) is 0 Å². The largest absolute Gasteiger partial charge is 0.495 e. The normalized spacial score (nSPS) is 24.0. The van der Waals surface area contributed by atoms with Gasteiger partial charge in [0.1, 0.15) is 23.7 Å². The lowest BCUT2D eigenvalue weighted by molar-refractivity contribution is -0.147. The van der Waals surface area contributed by atoms with E-state index in [0.717, 1.165) is 36.8 Å². The van der Waals surface area contributed by atoms with Crippen LogP contribution in [0.5, 0.6) is 23.0 Å². The fraction of sp³-hybridized carbons (Fsp3) is 0.576. The second-order valence-electron chi connectivity index (χ2n) is 13.1. The van der Waals surface area contributed by atoms with Crippen LogP contribution in [0.2, 0.25) is 5.02 Å². The van der Waals surface area contributed by atoms with Crippen LogP contribution in [0, 0.1) is 29.6 Å². The molecule has 0 unspecified atom stereocenters. The van der Waals surface area contributed by atoms with Gasteiger partial charge in [0.05, 0.1) is 29.2 Å². The summed E-state index contributed by atoms with van der Waals surface area (Å²) in [5.41, 5.74) is 1.80. The summed E-state index contributed by atoms with van der Waals surface area (Å²) in [7, 11) is 1.45. The third-order valence-electron chi connectivity index (χ3n) is 9.50. The van der Waals surface area contributed by atoms with Gasteiger partial charge in [0.15, 0.2) is 11.5 Å². The summed E-state index contributed by atoms with van der Waals surface area (Å²) >= 11 is 6.83. The van der Waals surface area contributed by atoms with Crippen molar-refractivity contribution in [3.8, 4) is 23.0 Å². The molecular weight excluding hydrogens is 544 g/mol. The fourth-order valence-corrected chi connectivity index (χ4v) is 7.44. The third kappa shape index (κ3) is 4.99. The van der Waals surface area contributed by atoms with Crippen molar-refractivity contribution < 1.29 is 33.6 Å². The molecule has 2 saturated carbocycles. The predicted molar refractivity (Wildman–Crippen MR) is 156 cm³/mol. The topological polar surface area (TPSA) is 91.3 Å². The van der Waals surface area contributed by atoms with Crippen LogP contribution in [0.15, 0.2) is 12.1 Å². The highest BCUT2D eigenvalue weighted by Crippen LogP contribution is 2.59. The van der Waals surface area contributed by atoms with Crippen LogP contribution in [0.3, 0.4) is 0 Å². The van der Waals surface area contributed by atoms with Crippen LogP contribution < -0.4 is 14.2 Å². The molecule has 222 valence electrons. The molecule has 8 heteroatoms. The van der Waals surface area contributed by atoms with E-state index >= 15 is 0 Å². The lowest BCUT2D eigenvalue weighted by atomic mass is 9.79. The molecule has 0 spiro atoms. The van der Waals surface area contributed by atoms with Crippen molar-refractivity contribution in [3.05, 3.63) is 45.0 Å². The van der Waals surface area contributed by atoms with Crippen molar-refractivity contribution in [2.24, 2.45) is 22.7 Å². The second kappa shape index (κ2) is 10.8. The first-order valence-corrected chi connectivity index (χ1v) is 15.0. The van der Waals surface area contributed by atoms with Gasteiger partial charge in [-0.15, -0.1) is 0 Å². The van der Waals surface area contributed by atoms with Crippen molar-refractivity contribution in [1.29, 1.82) is 0 Å². The first kappa shape index (κ1) is 29.7. The van der Waals surface area contributed by atoms with Crippen molar-refractivity contribution in [3.63, 3.8) is 0 Å². The van der Waals surface area contributed by atoms with Gasteiger partial charge in [0.25, 0.3) is 0 Å². The van der Waals surface area contributed by atoms with Gasteiger partial charge in [-0.2, -0.15) is 0 Å². The van der Waals surface area contributed by atoms with Crippen LogP contribution in [-0.4, -0.2) is 24.2 Å². The predicted octanol–water partition coefficient (Wildman–Crippen LogP) is 7.88. The summed E-state index contributed by atoms with van der Waals surface area (Å²) in [6.07, 6.45) is 4.30. The minimum Gasteiger partial charge on any atom is -0.495 e. The SMILES string of the molecule is CCc1c(C)c(Cl)c2c(c1OC(=O)C1(C)C3CCC1CC3)Oc1ccc([C@@H](O)CC(C)(C)C)c(OC)c1C(=O)OC2. The van der Waals surface area contributed by atoms with E-state index in [2.05, 4.69) is 0 Å². The number of aliphatic hydroxyl groups excluding tert-OH is 1. The minimum absolute atomic E-state index is 0.0661. The van der Waals surface area contributed by atoms with Crippen molar-refractivity contribution in [2.45, 2.75) is 92.8 Å². The number of esters is 2. The standard InChI is InChI=1S/C33H41ClO7/c1-8-20-17(2)26(34)22-16-39-30(36)25-24(14-13-21(27(25)38-7)23(35)15-32(3,4)5)40-29(22)28(20)41-31(37)33(6)18-9-10-19(33)12-11-18/h13-14,18-19,23,35H,8-12,15-16H2,1-7H3/t18?,19?,23-,33?/m0/s1. The molecule has 41 heavy (non-hydrogen) atoms. The van der Waals surface area contributed by atoms with E-state index in [-0.39, 0.29) is 40.8 Å². The van der Waals surface area contributed by atoms with E-state index < -0.39 is 17.5 Å². The molecule has 3 aliphatic rings. The highest BCUT2D eigenvalue weighted by Gasteiger charge is 2.57. The highest BCUT2D eigenvalue weighted by atomic mass is 35.5. The zero-order chi connectivity index (χ0) is 29.9. The lowest BCUT2D eigenvalue weighted by Crippen LogP contribution is -2.36. The van der Waals surface area contributed by atoms with Gasteiger partial charge >= 0.3 is 11.9 Å². The second-order valence-corrected chi connectivity index (χ2v) is 13.5. The summed E-state index contributed by atoms with van der Waals surface area (Å²) < 4.78 is 24.2. The molecule has 1 N–H and O–H groups in total. The molecule has 0 radical (unpaired) electrons. The molecule has 2 aromatic rings. The van der Waals surface area contributed by atoms with Crippen molar-refractivity contribution >= 4 is 23.5 Å². The average molecular weight is 585 g/mol. The van der Waals surface area contributed by atoms with Gasteiger partial charge in [-0.1, -0.05) is 39.3 Å². The Morgan fingerprint density at radius 3 is 2.37 bits per heavy atom. The van der Waals surface area contributed by atoms with E-state index in [1.165, 1.54) is 7.11 Å². The maximum Gasteiger partial charge on any atom is 0.346 e. The number of benzene rings is 2. The Hall–Kier alpha value is -2.77. The number of cyclic esters (lactones) is 1. The highest BCUT2D eigenvalue weighted by molar-refractivity contribution is 6.32. The fourth-order valence-electron chi connectivity index (χ4n) is 7.19. The minimum atomic E-state index is -0.872. The molecule has 1 heterocycles. The van der Waals surface area contributed by atoms with Crippen LogP contribution in [0.25, 0.3) is 0 Å². The number of rotatable bonds is 6. The van der Waals surface area contributed by atoms with Gasteiger partial charge in [-0.05, 0) is 87.3 Å². The van der Waals surface area contributed by atoms with E-state index in [0.29, 0.717) is 46.6 Å². The van der Waals surface area contributed by atoms with Gasteiger partial charge in [0, 0.05) is 11.1 Å². The van der Waals surface area contributed by atoms with Crippen LogP contribution in [-0.2, 0) is 22.6 Å². The molecule has 1 aliphatic heterocycles. The number of carbonyl (C=O) groups excluding carboxylic acids is 2. The Labute approximate surface area is 247 Å². The molecule has 0 aromatic heterocycles. The molecule has 0 amide bonds. The molecule has 7 nitrogen and oxygen atoms in total. The third-order valence-corrected chi connectivity index (χ3v) is 10.0. The maximum atomic E-state index is 13.9. The summed E-state index contributed by atoms with van der Waals surface area (Å²) in [6, 6.07) is 3.32. The number of fused-ring (bicyclic) bond motifs is 4. The number of hydrogen-bond donors (Lipinski definition) is 1. The Balaban J connectivity index is 1.63. The summed E-state index contributed by atoms with van der Waals surface area (Å²) in [5.74, 6) is 0.660. The van der Waals surface area contributed by atoms with Crippen molar-refractivity contribution in [2.75, 3.05) is 7.11 Å². The van der Waals surface area contributed by atoms with Crippen molar-refractivity contribution in [1.82, 2.24) is 0 Å². The molecular formula is C33H41ClO7. The number of hydrogen-bond acceptors (Lipinski definition) is 7. The van der Waals surface area contributed by atoms with Crippen LogP contribution in [0.1, 0.15) is 105 Å². The van der Waals surface area contributed by atoms with Gasteiger partial charge in [-0.3, -0.25) is 4.79 Å². The quantitative estimate of drug-likeness (QED) is 0.273. The number of aliphatic hydroxyl groups is 1. The molecule has 5 rings (SSSR count). The first-order chi connectivity index (χ1) is 19.3. The Kier molecular flexibility index (Phi) is 7.84. The molecule has 2 bridgehead atoms. The van der Waals surface area contributed by atoms with Crippen LogP contribution in [0.4, 0.5) is 0 Å². The number of ether oxygens (including phenoxy) is 4. The van der Waals surface area contributed by atoms with Crippen LogP contribution >= 0.6 is 11.6 Å². The van der Waals surface area contributed by atoms with E-state index in [9.17, 15) is 14.7 Å². The maximum absolute atomic E-state index is 13.9. The molecule has 2 fully saturated rings. The Morgan fingerprint density at radius 1 is 1.17 bits per heavy atom. The van der Waals surface area contributed by atoms with E-state index in [1.807, 2.05) is 41.5 Å². The lowest BCUT2D eigenvalue weighted by Gasteiger charge is -2.30. The Morgan fingerprint density at radius 2 is 1.80 bits per heavy atom. The average Bonchev–Trinajstić information content (AvgIpc) is 3.41. The zero-order valence-electron chi connectivity index (χ0n) is 25.1. The molecule has 2 aliphatic carbocycles.